The smallest absolute Gasteiger partial charge is 0.225 e. The average molecular weight is 215 g/mol. The maximum atomic E-state index is 11.7. The quantitative estimate of drug-likeness (QED) is 0.283. The van der Waals surface area contributed by atoms with Crippen molar-refractivity contribution in [3.05, 3.63) is 0 Å². The Balaban J connectivity index is 4.49. The lowest BCUT2D eigenvalue weighted by molar-refractivity contribution is -0.128. The van der Waals surface area contributed by atoms with Crippen molar-refractivity contribution in [1.29, 1.82) is 0 Å². The van der Waals surface area contributed by atoms with E-state index in [1.807, 2.05) is 27.7 Å². The van der Waals surface area contributed by atoms with Crippen LogP contribution >= 0.6 is 0 Å². The number of hydrogen-bond acceptors (Lipinski definition) is 3. The molecule has 0 fully saturated rings. The Morgan fingerprint density at radius 2 is 2.07 bits per heavy atom. The normalized spacial score (nSPS) is 14.8. The Kier molecular flexibility index (Phi) is 5.11. The molecule has 1 amide bonds. The lowest BCUT2D eigenvalue weighted by Gasteiger charge is -2.23. The summed E-state index contributed by atoms with van der Waals surface area (Å²) in [5, 5.41) is 14.2. The van der Waals surface area contributed by atoms with Crippen LogP contribution in [-0.4, -0.2) is 23.0 Å². The first-order chi connectivity index (χ1) is 6.82. The van der Waals surface area contributed by atoms with E-state index in [0.29, 0.717) is 6.42 Å². The van der Waals surface area contributed by atoms with Gasteiger partial charge in [-0.3, -0.25) is 4.79 Å². The Bertz CT molecular complexity index is 244. The minimum atomic E-state index is -0.471. The van der Waals surface area contributed by atoms with Crippen molar-refractivity contribution in [3.8, 4) is 0 Å². The molecule has 0 aromatic rings. The lowest BCUT2D eigenvalue weighted by Crippen LogP contribution is -2.48. The van der Waals surface area contributed by atoms with Crippen LogP contribution in [0.25, 0.3) is 0 Å². The van der Waals surface area contributed by atoms with Crippen LogP contribution in [0.15, 0.2) is 5.16 Å². The molecular weight excluding hydrogens is 194 g/mol. The zero-order valence-corrected chi connectivity index (χ0v) is 9.87. The molecule has 0 bridgehead atoms. The molecule has 0 rings (SSSR count). The van der Waals surface area contributed by atoms with Gasteiger partial charge in [-0.05, 0) is 6.42 Å². The second kappa shape index (κ2) is 5.58. The minimum absolute atomic E-state index is 0.0504. The minimum Gasteiger partial charge on any atom is -0.409 e. The highest BCUT2D eigenvalue weighted by atomic mass is 16.4. The Labute approximate surface area is 90.7 Å². The van der Waals surface area contributed by atoms with Crippen LogP contribution in [0.1, 0.15) is 40.5 Å². The first kappa shape index (κ1) is 13.7. The fourth-order valence-electron chi connectivity index (χ4n) is 1.03. The summed E-state index contributed by atoms with van der Waals surface area (Å²) in [6.45, 7) is 7.42. The van der Waals surface area contributed by atoms with Gasteiger partial charge in [0.05, 0.1) is 6.04 Å². The van der Waals surface area contributed by atoms with Crippen LogP contribution < -0.4 is 11.1 Å². The number of amidine groups is 1. The standard InChI is InChI=1S/C10H21N3O2/c1-5-6-7(8(11)13-15)12-9(14)10(2,3)4/h7,15H,5-6H2,1-4H3,(H2,11,13)(H,12,14). The third kappa shape index (κ3) is 4.67. The Morgan fingerprint density at radius 1 is 1.53 bits per heavy atom. The molecular formula is C10H21N3O2. The summed E-state index contributed by atoms with van der Waals surface area (Å²) >= 11 is 0. The zero-order valence-electron chi connectivity index (χ0n) is 9.87. The maximum absolute atomic E-state index is 11.7. The largest absolute Gasteiger partial charge is 0.409 e. The highest BCUT2D eigenvalue weighted by Crippen LogP contribution is 2.13. The number of rotatable bonds is 4. The first-order valence-corrected chi connectivity index (χ1v) is 5.11. The third-order valence-electron chi connectivity index (χ3n) is 2.04. The lowest BCUT2D eigenvalue weighted by atomic mass is 9.95. The van der Waals surface area contributed by atoms with Crippen molar-refractivity contribution in [2.75, 3.05) is 0 Å². The number of nitrogens with one attached hydrogen (secondary N) is 1. The van der Waals surface area contributed by atoms with E-state index < -0.39 is 5.41 Å². The number of oxime groups is 1. The highest BCUT2D eigenvalue weighted by Gasteiger charge is 2.25. The topological polar surface area (TPSA) is 87.7 Å². The maximum Gasteiger partial charge on any atom is 0.225 e. The fourth-order valence-corrected chi connectivity index (χ4v) is 1.03. The molecule has 1 unspecified atom stereocenters. The van der Waals surface area contributed by atoms with E-state index in [2.05, 4.69) is 10.5 Å². The molecule has 0 radical (unpaired) electrons. The molecule has 5 heteroatoms. The van der Waals surface area contributed by atoms with E-state index >= 15 is 0 Å². The molecule has 0 aliphatic heterocycles. The van der Waals surface area contributed by atoms with Gasteiger partial charge in [0, 0.05) is 5.41 Å². The predicted octanol–water partition coefficient (Wildman–Crippen LogP) is 1.06. The zero-order chi connectivity index (χ0) is 12.1. The van der Waals surface area contributed by atoms with Gasteiger partial charge in [0.1, 0.15) is 0 Å². The number of nitrogens with two attached hydrogens (primary N) is 1. The molecule has 1 atom stereocenters. The fraction of sp³-hybridized carbons (Fsp3) is 0.800. The summed E-state index contributed by atoms with van der Waals surface area (Å²) in [6, 6.07) is -0.383. The summed E-state index contributed by atoms with van der Waals surface area (Å²) in [4.78, 5) is 11.7. The van der Waals surface area contributed by atoms with E-state index in [1.165, 1.54) is 0 Å². The van der Waals surface area contributed by atoms with E-state index in [4.69, 9.17) is 10.9 Å². The van der Waals surface area contributed by atoms with Crippen molar-refractivity contribution in [2.45, 2.75) is 46.6 Å². The second-order valence-electron chi connectivity index (χ2n) is 4.59. The number of nitrogens with zero attached hydrogens (tertiary/aromatic N) is 1. The Hall–Kier alpha value is -1.26. The van der Waals surface area contributed by atoms with Gasteiger partial charge in [0.15, 0.2) is 5.84 Å². The van der Waals surface area contributed by atoms with E-state index in [9.17, 15) is 4.79 Å². The van der Waals surface area contributed by atoms with Gasteiger partial charge < -0.3 is 16.3 Å². The summed E-state index contributed by atoms with van der Waals surface area (Å²) < 4.78 is 0. The summed E-state index contributed by atoms with van der Waals surface area (Å²) in [5.41, 5.74) is 5.01. The van der Waals surface area contributed by atoms with Crippen molar-refractivity contribution in [3.63, 3.8) is 0 Å². The first-order valence-electron chi connectivity index (χ1n) is 5.11. The van der Waals surface area contributed by atoms with Crippen LogP contribution in [0.3, 0.4) is 0 Å². The van der Waals surface area contributed by atoms with Crippen LogP contribution in [0.5, 0.6) is 0 Å². The second-order valence-corrected chi connectivity index (χ2v) is 4.59. The molecule has 0 aliphatic carbocycles. The average Bonchev–Trinajstić information content (AvgIpc) is 2.14. The van der Waals surface area contributed by atoms with Gasteiger partial charge in [-0.1, -0.05) is 39.3 Å². The molecule has 0 aromatic carbocycles. The van der Waals surface area contributed by atoms with Gasteiger partial charge in [-0.15, -0.1) is 0 Å². The number of carbonyl (C=O) groups is 1. The molecule has 15 heavy (non-hydrogen) atoms. The van der Waals surface area contributed by atoms with Crippen LogP contribution in [0.2, 0.25) is 0 Å². The molecule has 0 spiro atoms. The van der Waals surface area contributed by atoms with E-state index in [0.717, 1.165) is 6.42 Å². The summed E-state index contributed by atoms with van der Waals surface area (Å²) in [6.07, 6.45) is 1.52. The molecule has 5 nitrogen and oxygen atoms in total. The molecule has 0 heterocycles. The van der Waals surface area contributed by atoms with Crippen LogP contribution in [-0.2, 0) is 4.79 Å². The molecule has 88 valence electrons. The third-order valence-corrected chi connectivity index (χ3v) is 2.04. The summed E-state index contributed by atoms with van der Waals surface area (Å²) in [7, 11) is 0. The van der Waals surface area contributed by atoms with Gasteiger partial charge in [-0.25, -0.2) is 0 Å². The SMILES string of the molecule is CCCC(NC(=O)C(C)(C)C)/C(N)=N/O. The van der Waals surface area contributed by atoms with Crippen molar-refractivity contribution in [1.82, 2.24) is 5.32 Å². The molecule has 0 saturated heterocycles. The summed E-state index contributed by atoms with van der Waals surface area (Å²) in [5.74, 6) is -0.0537. The number of hydrogen-bond donors (Lipinski definition) is 3. The molecule has 0 saturated carbocycles. The van der Waals surface area contributed by atoms with Gasteiger partial charge in [-0.2, -0.15) is 0 Å². The van der Waals surface area contributed by atoms with Crippen LogP contribution in [0.4, 0.5) is 0 Å². The van der Waals surface area contributed by atoms with Crippen molar-refractivity contribution < 1.29 is 10.0 Å². The Morgan fingerprint density at radius 3 is 2.40 bits per heavy atom. The molecule has 0 aromatic heterocycles. The van der Waals surface area contributed by atoms with E-state index in [1.54, 1.807) is 0 Å². The highest BCUT2D eigenvalue weighted by molar-refractivity contribution is 5.91. The van der Waals surface area contributed by atoms with Crippen LogP contribution in [0, 0.1) is 5.41 Å². The van der Waals surface area contributed by atoms with E-state index in [-0.39, 0.29) is 17.8 Å². The van der Waals surface area contributed by atoms with Crippen molar-refractivity contribution in [2.24, 2.45) is 16.3 Å². The van der Waals surface area contributed by atoms with Gasteiger partial charge in [0.2, 0.25) is 5.91 Å². The molecule has 0 aliphatic rings. The number of amides is 1. The number of carbonyl (C=O) groups excluding carboxylic acids is 1. The predicted molar refractivity (Wildman–Crippen MR) is 59.7 cm³/mol. The van der Waals surface area contributed by atoms with Gasteiger partial charge >= 0.3 is 0 Å². The monoisotopic (exact) mass is 215 g/mol. The van der Waals surface area contributed by atoms with Crippen molar-refractivity contribution >= 4 is 11.7 Å². The van der Waals surface area contributed by atoms with Gasteiger partial charge in [0.25, 0.3) is 0 Å². The molecule has 4 N–H and O–H groups in total.